The molecule has 18 heavy (non-hydrogen) atoms. The van der Waals surface area contributed by atoms with E-state index in [9.17, 15) is 4.21 Å². The van der Waals surface area contributed by atoms with E-state index in [-0.39, 0.29) is 0 Å². The summed E-state index contributed by atoms with van der Waals surface area (Å²) in [5.74, 6) is 1.44. The van der Waals surface area contributed by atoms with Crippen LogP contribution in [-0.2, 0) is 11.1 Å². The smallest absolute Gasteiger partial charge is 0.178 e. The summed E-state index contributed by atoms with van der Waals surface area (Å²) in [6.45, 7) is 0. The summed E-state index contributed by atoms with van der Waals surface area (Å²) in [6.07, 6.45) is 1.58. The molecule has 2 rings (SSSR count). The van der Waals surface area contributed by atoms with Crippen LogP contribution in [0, 0.1) is 0 Å². The highest BCUT2D eigenvalue weighted by molar-refractivity contribution is 7.82. The molecular weight excluding hydrogens is 248 g/mol. The normalized spacial score (nSPS) is 12.5. The minimum absolute atomic E-state index is 0.687. The van der Waals surface area contributed by atoms with E-state index in [0.717, 1.165) is 11.3 Å². The Hall–Kier alpha value is -1.91. The van der Waals surface area contributed by atoms with Crippen LogP contribution >= 0.6 is 0 Å². The van der Waals surface area contributed by atoms with Crippen LogP contribution in [0.4, 0.5) is 0 Å². The number of ether oxygens (including phenoxy) is 1. The zero-order chi connectivity index (χ0) is 12.8. The van der Waals surface area contributed by atoms with Crippen molar-refractivity contribution >= 4 is 17.2 Å². The van der Waals surface area contributed by atoms with Gasteiger partial charge >= 0.3 is 0 Å². The Morgan fingerprint density at radius 3 is 2.44 bits per heavy atom. The summed E-state index contributed by atoms with van der Waals surface area (Å²) in [4.78, 5) is 0. The third-order valence-corrected chi connectivity index (χ3v) is 2.58. The van der Waals surface area contributed by atoms with E-state index in [1.54, 1.807) is 12.1 Å². The average molecular weight is 260 g/mol. The first kappa shape index (κ1) is 12.5. The van der Waals surface area contributed by atoms with Gasteiger partial charge in [-0.05, 0) is 35.9 Å². The number of benzene rings is 2. The highest BCUT2D eigenvalue weighted by Gasteiger charge is 1.97. The van der Waals surface area contributed by atoms with Gasteiger partial charge in [0.2, 0.25) is 0 Å². The van der Waals surface area contributed by atoms with Crippen molar-refractivity contribution in [2.24, 2.45) is 0 Å². The van der Waals surface area contributed by atoms with Crippen LogP contribution in [0.5, 0.6) is 11.5 Å². The summed E-state index contributed by atoms with van der Waals surface area (Å²) < 4.78 is 24.9. The molecule has 3 nitrogen and oxygen atoms in total. The van der Waals surface area contributed by atoms with Gasteiger partial charge in [-0.1, -0.05) is 30.3 Å². The van der Waals surface area contributed by atoms with Gasteiger partial charge in [-0.3, -0.25) is 0 Å². The maximum absolute atomic E-state index is 10.5. The summed E-state index contributed by atoms with van der Waals surface area (Å²) in [6, 6.07) is 16.7. The van der Waals surface area contributed by atoms with Crippen LogP contribution in [0.1, 0.15) is 5.56 Å². The first-order chi connectivity index (χ1) is 8.74. The van der Waals surface area contributed by atoms with Crippen LogP contribution < -0.4 is 4.74 Å². The highest BCUT2D eigenvalue weighted by Crippen LogP contribution is 2.22. The standard InChI is InChI=1S/C14H12O3S/c15-18(16)10-9-12-5-4-8-14(11-12)17-13-6-2-1-3-7-13/h1-11H,(H,15,16)/b10-9+. The van der Waals surface area contributed by atoms with Crippen molar-refractivity contribution in [3.05, 3.63) is 65.6 Å². The molecule has 2 aromatic rings. The highest BCUT2D eigenvalue weighted by atomic mass is 32.2. The van der Waals surface area contributed by atoms with Gasteiger partial charge in [-0.25, -0.2) is 4.21 Å². The molecule has 1 atom stereocenters. The van der Waals surface area contributed by atoms with E-state index in [1.165, 1.54) is 5.41 Å². The molecule has 0 saturated heterocycles. The van der Waals surface area contributed by atoms with Crippen molar-refractivity contribution < 1.29 is 13.5 Å². The van der Waals surface area contributed by atoms with Gasteiger partial charge in [-0.2, -0.15) is 0 Å². The molecule has 1 unspecified atom stereocenters. The average Bonchev–Trinajstić information content (AvgIpc) is 2.38. The van der Waals surface area contributed by atoms with Gasteiger partial charge in [0.05, 0.1) is 0 Å². The van der Waals surface area contributed by atoms with Crippen LogP contribution in [0.25, 0.3) is 6.08 Å². The Morgan fingerprint density at radius 2 is 1.72 bits per heavy atom. The minimum Gasteiger partial charge on any atom is -0.457 e. The third kappa shape index (κ3) is 3.84. The van der Waals surface area contributed by atoms with E-state index in [0.29, 0.717) is 5.75 Å². The summed E-state index contributed by atoms with van der Waals surface area (Å²) in [5, 5.41) is 1.21. The second-order valence-electron chi connectivity index (χ2n) is 3.57. The summed E-state index contributed by atoms with van der Waals surface area (Å²) in [7, 11) is 0. The van der Waals surface area contributed by atoms with E-state index >= 15 is 0 Å². The van der Waals surface area contributed by atoms with Crippen molar-refractivity contribution in [3.8, 4) is 11.5 Å². The Morgan fingerprint density at radius 1 is 1.00 bits per heavy atom. The molecule has 1 N–H and O–H groups in total. The molecule has 0 heterocycles. The SMILES string of the molecule is O=S(O)/C=C/c1cccc(Oc2ccccc2)c1. The van der Waals surface area contributed by atoms with E-state index in [4.69, 9.17) is 9.29 Å². The quantitative estimate of drug-likeness (QED) is 0.853. The van der Waals surface area contributed by atoms with Gasteiger partial charge in [0, 0.05) is 5.41 Å². The largest absolute Gasteiger partial charge is 0.457 e. The molecule has 0 amide bonds. The second kappa shape index (κ2) is 6.14. The summed E-state index contributed by atoms with van der Waals surface area (Å²) >= 11 is -1.93. The fourth-order valence-electron chi connectivity index (χ4n) is 1.44. The monoisotopic (exact) mass is 260 g/mol. The predicted octanol–water partition coefficient (Wildman–Crippen LogP) is 3.67. The molecule has 0 aliphatic heterocycles. The van der Waals surface area contributed by atoms with E-state index in [2.05, 4.69) is 0 Å². The molecule has 0 bridgehead atoms. The first-order valence-corrected chi connectivity index (χ1v) is 6.52. The lowest BCUT2D eigenvalue weighted by Gasteiger charge is -2.05. The summed E-state index contributed by atoms with van der Waals surface area (Å²) in [5.41, 5.74) is 0.811. The molecule has 0 aromatic heterocycles. The maximum atomic E-state index is 10.5. The fourth-order valence-corrected chi connectivity index (χ4v) is 1.72. The van der Waals surface area contributed by atoms with E-state index < -0.39 is 11.1 Å². The molecule has 0 aliphatic carbocycles. The molecule has 0 saturated carbocycles. The van der Waals surface area contributed by atoms with Crippen molar-refractivity contribution in [1.29, 1.82) is 0 Å². The molecule has 0 fully saturated rings. The topological polar surface area (TPSA) is 46.5 Å². The van der Waals surface area contributed by atoms with Crippen LogP contribution in [0.2, 0.25) is 0 Å². The second-order valence-corrected chi connectivity index (χ2v) is 4.39. The Bertz CT molecular complexity index is 564. The molecule has 4 heteroatoms. The van der Waals surface area contributed by atoms with Gasteiger partial charge in [0.25, 0.3) is 0 Å². The van der Waals surface area contributed by atoms with Gasteiger partial charge in [0.15, 0.2) is 11.1 Å². The molecule has 92 valence electrons. The Labute approximate surface area is 108 Å². The number of para-hydroxylation sites is 1. The van der Waals surface area contributed by atoms with Crippen molar-refractivity contribution in [2.45, 2.75) is 0 Å². The molecule has 2 aromatic carbocycles. The van der Waals surface area contributed by atoms with Crippen LogP contribution in [0.15, 0.2) is 60.0 Å². The Kier molecular flexibility index (Phi) is 4.28. The Balaban J connectivity index is 2.15. The lowest BCUT2D eigenvalue weighted by atomic mass is 10.2. The lowest BCUT2D eigenvalue weighted by molar-refractivity contribution is 0.482. The number of hydrogen-bond donors (Lipinski definition) is 1. The minimum atomic E-state index is -1.93. The van der Waals surface area contributed by atoms with E-state index in [1.807, 2.05) is 48.5 Å². The lowest BCUT2D eigenvalue weighted by Crippen LogP contribution is -1.84. The molecule has 0 radical (unpaired) electrons. The van der Waals surface area contributed by atoms with Gasteiger partial charge < -0.3 is 9.29 Å². The van der Waals surface area contributed by atoms with Gasteiger partial charge in [-0.15, -0.1) is 0 Å². The van der Waals surface area contributed by atoms with Crippen molar-refractivity contribution in [2.75, 3.05) is 0 Å². The van der Waals surface area contributed by atoms with Gasteiger partial charge in [0.1, 0.15) is 11.5 Å². The fraction of sp³-hybridized carbons (Fsp3) is 0. The zero-order valence-electron chi connectivity index (χ0n) is 9.52. The maximum Gasteiger partial charge on any atom is 0.178 e. The molecular formula is C14H12O3S. The van der Waals surface area contributed by atoms with Crippen LogP contribution in [-0.4, -0.2) is 8.76 Å². The zero-order valence-corrected chi connectivity index (χ0v) is 10.3. The molecule has 0 aliphatic rings. The predicted molar refractivity (Wildman–Crippen MR) is 72.8 cm³/mol. The first-order valence-electron chi connectivity index (χ1n) is 5.35. The van der Waals surface area contributed by atoms with Crippen molar-refractivity contribution in [3.63, 3.8) is 0 Å². The third-order valence-electron chi connectivity index (χ3n) is 2.21. The van der Waals surface area contributed by atoms with Crippen molar-refractivity contribution in [1.82, 2.24) is 0 Å². The van der Waals surface area contributed by atoms with Crippen LogP contribution in [0.3, 0.4) is 0 Å². The molecule has 0 spiro atoms. The number of hydrogen-bond acceptors (Lipinski definition) is 2. The number of rotatable bonds is 4.